The van der Waals surface area contributed by atoms with Crippen molar-refractivity contribution in [3.8, 4) is 11.1 Å². The van der Waals surface area contributed by atoms with Crippen molar-refractivity contribution < 1.29 is 24.6 Å². The smallest absolute Gasteiger partial charge is 0.339 e. The lowest BCUT2D eigenvalue weighted by Gasteiger charge is -2.11. The number of carbonyl (C=O) groups excluding carboxylic acids is 1. The summed E-state index contributed by atoms with van der Waals surface area (Å²) in [4.78, 5) is 33.9. The van der Waals surface area contributed by atoms with E-state index in [1.54, 1.807) is 0 Å². The number of oxime groups is 1. The third-order valence-electron chi connectivity index (χ3n) is 4.58. The highest BCUT2D eigenvalue weighted by Crippen LogP contribution is 2.43. The molecule has 0 aromatic heterocycles. The Morgan fingerprint density at radius 3 is 2.31 bits per heavy atom. The Labute approximate surface area is 164 Å². The van der Waals surface area contributed by atoms with Gasteiger partial charge in [-0.3, -0.25) is 20.2 Å². The topological polar surface area (TPSA) is 145 Å². The first-order valence-electron chi connectivity index (χ1n) is 8.75. The zero-order valence-corrected chi connectivity index (χ0v) is 15.6. The zero-order chi connectivity index (χ0) is 21.3. The van der Waals surface area contributed by atoms with Crippen LogP contribution in [-0.2, 0) is 4.74 Å². The molecule has 1 aliphatic carbocycles. The molecule has 0 heterocycles. The molecule has 1 N–H and O–H groups in total. The van der Waals surface area contributed by atoms with Crippen molar-refractivity contribution in [3.05, 3.63) is 67.3 Å². The van der Waals surface area contributed by atoms with Crippen LogP contribution in [0.1, 0.15) is 41.8 Å². The molecule has 2 aromatic carbocycles. The number of fused-ring (bicyclic) bond motifs is 3. The quantitative estimate of drug-likeness (QED) is 0.286. The van der Waals surface area contributed by atoms with Gasteiger partial charge in [0.1, 0.15) is 5.71 Å². The van der Waals surface area contributed by atoms with Gasteiger partial charge in [0.15, 0.2) is 0 Å². The minimum Gasteiger partial charge on any atom is -0.462 e. The van der Waals surface area contributed by atoms with E-state index in [-0.39, 0.29) is 45.9 Å². The lowest BCUT2D eigenvalue weighted by molar-refractivity contribution is -0.385. The van der Waals surface area contributed by atoms with Crippen molar-refractivity contribution in [2.45, 2.75) is 20.3 Å². The minimum absolute atomic E-state index is 0.0632. The summed E-state index contributed by atoms with van der Waals surface area (Å²) in [5, 5.41) is 35.1. The average molecular weight is 399 g/mol. The first-order valence-corrected chi connectivity index (χ1v) is 8.75. The molecule has 0 radical (unpaired) electrons. The Hall–Kier alpha value is -3.82. The van der Waals surface area contributed by atoms with Crippen molar-refractivity contribution in [3.63, 3.8) is 0 Å². The van der Waals surface area contributed by atoms with Gasteiger partial charge in [0.25, 0.3) is 11.4 Å². The fourth-order valence-electron chi connectivity index (χ4n) is 3.15. The van der Waals surface area contributed by atoms with E-state index < -0.39 is 15.8 Å². The maximum Gasteiger partial charge on any atom is 0.339 e. The second-order valence-corrected chi connectivity index (χ2v) is 6.93. The van der Waals surface area contributed by atoms with Gasteiger partial charge < -0.3 is 9.94 Å². The molecule has 1 aliphatic rings. The number of rotatable bonds is 6. The summed E-state index contributed by atoms with van der Waals surface area (Å²) in [6.45, 7) is 4.07. The molecule has 0 fully saturated rings. The predicted molar refractivity (Wildman–Crippen MR) is 102 cm³/mol. The molecule has 2 aromatic rings. The standard InChI is InChI=1S/C19H17N3O7/c1-10(2)5-6-29-19(23)16-9-12(22(27)28)8-15-17(16)13-4-3-11(21(25)26)7-14(13)18(15)20-24/h3-4,7-10,24H,5-6H2,1-2H3/b20-18-. The molecule has 10 nitrogen and oxygen atoms in total. The van der Waals surface area contributed by atoms with Crippen molar-refractivity contribution in [2.24, 2.45) is 11.1 Å². The van der Waals surface area contributed by atoms with Gasteiger partial charge in [-0.15, -0.1) is 0 Å². The van der Waals surface area contributed by atoms with E-state index in [4.69, 9.17) is 4.74 Å². The highest BCUT2D eigenvalue weighted by atomic mass is 16.6. The summed E-state index contributed by atoms with van der Waals surface area (Å²) in [6.07, 6.45) is 0.620. The van der Waals surface area contributed by atoms with Gasteiger partial charge in [0.2, 0.25) is 0 Å². The largest absolute Gasteiger partial charge is 0.462 e. The van der Waals surface area contributed by atoms with E-state index in [1.807, 2.05) is 13.8 Å². The number of nitro benzene ring substituents is 2. The normalized spacial score (nSPS) is 13.3. The SMILES string of the molecule is CC(C)CCOC(=O)c1cc([N+](=O)[O-])cc2c1-c1ccc([N+](=O)[O-])cc1/C2=N/O. The minimum atomic E-state index is -0.755. The van der Waals surface area contributed by atoms with Crippen molar-refractivity contribution in [2.75, 3.05) is 6.61 Å². The summed E-state index contributed by atoms with van der Waals surface area (Å²) in [5.41, 5.74) is 0.231. The van der Waals surface area contributed by atoms with E-state index in [0.29, 0.717) is 17.9 Å². The highest BCUT2D eigenvalue weighted by Gasteiger charge is 2.34. The van der Waals surface area contributed by atoms with E-state index >= 15 is 0 Å². The maximum atomic E-state index is 12.7. The monoisotopic (exact) mass is 399 g/mol. The Kier molecular flexibility index (Phi) is 5.26. The Morgan fingerprint density at radius 1 is 1.07 bits per heavy atom. The molecule has 0 unspecified atom stereocenters. The lowest BCUT2D eigenvalue weighted by atomic mass is 9.98. The summed E-state index contributed by atoms with van der Waals surface area (Å²) in [6, 6.07) is 6.13. The van der Waals surface area contributed by atoms with Gasteiger partial charge in [-0.25, -0.2) is 4.79 Å². The number of hydrogen-bond acceptors (Lipinski definition) is 8. The van der Waals surface area contributed by atoms with Crippen LogP contribution in [0.25, 0.3) is 11.1 Å². The number of non-ortho nitro benzene ring substituents is 2. The molecule has 0 amide bonds. The number of ether oxygens (including phenoxy) is 1. The molecule has 0 atom stereocenters. The number of carbonyl (C=O) groups is 1. The molecule has 3 rings (SSSR count). The fourth-order valence-corrected chi connectivity index (χ4v) is 3.15. The van der Waals surface area contributed by atoms with Gasteiger partial charge in [-0.2, -0.15) is 0 Å². The van der Waals surface area contributed by atoms with Crippen LogP contribution >= 0.6 is 0 Å². The number of nitro groups is 2. The average Bonchev–Trinajstić information content (AvgIpc) is 2.99. The first kappa shape index (κ1) is 19.9. The maximum absolute atomic E-state index is 12.7. The molecule has 10 heteroatoms. The second kappa shape index (κ2) is 7.66. The summed E-state index contributed by atoms with van der Waals surface area (Å²) >= 11 is 0. The van der Waals surface area contributed by atoms with Crippen LogP contribution in [0.4, 0.5) is 11.4 Å². The number of hydrogen-bond donors (Lipinski definition) is 1. The van der Waals surface area contributed by atoms with Crippen LogP contribution in [0.15, 0.2) is 35.5 Å². The van der Waals surface area contributed by atoms with Gasteiger partial charge in [-0.1, -0.05) is 19.0 Å². The zero-order valence-electron chi connectivity index (χ0n) is 15.6. The Bertz CT molecular complexity index is 1060. The van der Waals surface area contributed by atoms with Crippen LogP contribution in [-0.4, -0.2) is 33.3 Å². The lowest BCUT2D eigenvalue weighted by Crippen LogP contribution is -2.11. The van der Waals surface area contributed by atoms with E-state index in [2.05, 4.69) is 5.16 Å². The molecule has 150 valence electrons. The fraction of sp³-hybridized carbons (Fsp3) is 0.263. The Morgan fingerprint density at radius 2 is 1.72 bits per heavy atom. The second-order valence-electron chi connectivity index (χ2n) is 6.93. The molecule has 0 bridgehead atoms. The van der Waals surface area contributed by atoms with Gasteiger partial charge in [0.05, 0.1) is 22.0 Å². The van der Waals surface area contributed by atoms with Gasteiger partial charge >= 0.3 is 5.97 Å². The van der Waals surface area contributed by atoms with E-state index in [9.17, 15) is 30.2 Å². The number of nitrogens with zero attached hydrogens (tertiary/aromatic N) is 3. The predicted octanol–water partition coefficient (Wildman–Crippen LogP) is 3.91. The molecule has 0 aliphatic heterocycles. The molecule has 0 saturated carbocycles. The molecule has 0 spiro atoms. The van der Waals surface area contributed by atoms with Crippen molar-refractivity contribution >= 4 is 23.1 Å². The summed E-state index contributed by atoms with van der Waals surface area (Å²) < 4.78 is 5.27. The van der Waals surface area contributed by atoms with Crippen LogP contribution in [0.2, 0.25) is 0 Å². The molecular weight excluding hydrogens is 382 g/mol. The number of benzene rings is 2. The molecule has 29 heavy (non-hydrogen) atoms. The third-order valence-corrected chi connectivity index (χ3v) is 4.58. The molecular formula is C19H17N3O7. The number of esters is 1. The van der Waals surface area contributed by atoms with Gasteiger partial charge in [0, 0.05) is 41.0 Å². The Balaban J connectivity index is 2.18. The van der Waals surface area contributed by atoms with E-state index in [0.717, 1.165) is 6.07 Å². The first-order chi connectivity index (χ1) is 13.7. The summed E-state index contributed by atoms with van der Waals surface area (Å²) in [7, 11) is 0. The summed E-state index contributed by atoms with van der Waals surface area (Å²) in [5.74, 6) is -0.456. The van der Waals surface area contributed by atoms with Crippen LogP contribution < -0.4 is 0 Å². The molecule has 0 saturated heterocycles. The van der Waals surface area contributed by atoms with E-state index in [1.165, 1.54) is 24.3 Å². The highest BCUT2D eigenvalue weighted by molar-refractivity contribution is 6.27. The van der Waals surface area contributed by atoms with Crippen molar-refractivity contribution in [1.29, 1.82) is 0 Å². The van der Waals surface area contributed by atoms with Crippen LogP contribution in [0.5, 0.6) is 0 Å². The van der Waals surface area contributed by atoms with Gasteiger partial charge in [-0.05, 0) is 24.0 Å². The van der Waals surface area contributed by atoms with Crippen LogP contribution in [0, 0.1) is 26.1 Å². The van der Waals surface area contributed by atoms with Crippen LogP contribution in [0.3, 0.4) is 0 Å². The third kappa shape index (κ3) is 3.64. The van der Waals surface area contributed by atoms with Crippen molar-refractivity contribution in [1.82, 2.24) is 0 Å².